The van der Waals surface area contributed by atoms with Gasteiger partial charge in [-0.3, -0.25) is 19.4 Å². The lowest BCUT2D eigenvalue weighted by molar-refractivity contribution is -0.116. The third-order valence-electron chi connectivity index (χ3n) is 5.22. The zero-order valence-electron chi connectivity index (χ0n) is 17.2. The second kappa shape index (κ2) is 8.72. The van der Waals surface area contributed by atoms with Crippen LogP contribution in [0.25, 0.3) is 23.0 Å². The fourth-order valence-corrected chi connectivity index (χ4v) is 3.81. The van der Waals surface area contributed by atoms with Crippen LogP contribution in [0, 0.1) is 4.77 Å². The van der Waals surface area contributed by atoms with Crippen LogP contribution in [0.4, 0.5) is 0 Å². The molecule has 1 aliphatic rings. The highest BCUT2D eigenvalue weighted by Crippen LogP contribution is 2.35. The molecule has 0 unspecified atom stereocenters. The first-order valence-corrected chi connectivity index (χ1v) is 10.8. The molecule has 32 heavy (non-hydrogen) atoms. The van der Waals surface area contributed by atoms with Crippen molar-refractivity contribution in [2.45, 2.75) is 25.4 Å². The van der Waals surface area contributed by atoms with E-state index in [1.807, 2.05) is 53.2 Å². The first-order valence-electron chi connectivity index (χ1n) is 10.4. The normalized spacial score (nSPS) is 13.5. The molecule has 3 heterocycles. The van der Waals surface area contributed by atoms with Crippen molar-refractivity contribution in [2.75, 3.05) is 0 Å². The Morgan fingerprint density at radius 1 is 1.22 bits per heavy atom. The SMILES string of the molecule is O=C(/C=C/c1cn(-c2ccccc2)nc1-c1cccnc1)NCc1n[nH]c(=S)n1C1CC1. The molecular weight excluding hydrogens is 422 g/mol. The van der Waals surface area contributed by atoms with Gasteiger partial charge in [-0.15, -0.1) is 0 Å². The van der Waals surface area contributed by atoms with Crippen LogP contribution in [-0.2, 0) is 11.3 Å². The van der Waals surface area contributed by atoms with Gasteiger partial charge in [0.15, 0.2) is 10.6 Å². The Balaban J connectivity index is 1.36. The molecule has 9 heteroatoms. The molecule has 0 saturated heterocycles. The predicted molar refractivity (Wildman–Crippen MR) is 123 cm³/mol. The molecule has 5 rings (SSSR count). The van der Waals surface area contributed by atoms with Crippen LogP contribution < -0.4 is 5.32 Å². The molecule has 1 aromatic carbocycles. The smallest absolute Gasteiger partial charge is 0.244 e. The summed E-state index contributed by atoms with van der Waals surface area (Å²) in [5, 5.41) is 14.7. The summed E-state index contributed by atoms with van der Waals surface area (Å²) in [6.45, 7) is 0.311. The molecular formula is C23H21N7OS. The predicted octanol–water partition coefficient (Wildman–Crippen LogP) is 3.85. The van der Waals surface area contributed by atoms with Gasteiger partial charge in [0.25, 0.3) is 0 Å². The number of carbonyl (C=O) groups is 1. The number of benzene rings is 1. The van der Waals surface area contributed by atoms with E-state index in [9.17, 15) is 4.79 Å². The lowest BCUT2D eigenvalue weighted by Crippen LogP contribution is -2.22. The number of pyridine rings is 1. The Bertz CT molecular complexity index is 1320. The second-order valence-electron chi connectivity index (χ2n) is 7.55. The van der Waals surface area contributed by atoms with Crippen molar-refractivity contribution in [3.05, 3.63) is 83.3 Å². The molecule has 0 spiro atoms. The summed E-state index contributed by atoms with van der Waals surface area (Å²) in [5.41, 5.74) is 3.38. The molecule has 160 valence electrons. The number of aromatic amines is 1. The number of hydrogen-bond donors (Lipinski definition) is 2. The molecule has 0 atom stereocenters. The largest absolute Gasteiger partial charge is 0.345 e. The van der Waals surface area contributed by atoms with Gasteiger partial charge in [-0.25, -0.2) is 4.68 Å². The number of hydrogen-bond acceptors (Lipinski definition) is 5. The van der Waals surface area contributed by atoms with E-state index in [1.165, 1.54) is 6.08 Å². The van der Waals surface area contributed by atoms with Gasteiger partial charge in [0.2, 0.25) is 5.91 Å². The number of nitrogens with one attached hydrogen (secondary N) is 2. The Morgan fingerprint density at radius 3 is 2.81 bits per heavy atom. The summed E-state index contributed by atoms with van der Waals surface area (Å²) < 4.78 is 4.39. The number of amides is 1. The monoisotopic (exact) mass is 443 g/mol. The molecule has 8 nitrogen and oxygen atoms in total. The van der Waals surface area contributed by atoms with Crippen LogP contribution in [0.5, 0.6) is 0 Å². The minimum Gasteiger partial charge on any atom is -0.345 e. The number of aromatic nitrogens is 6. The minimum atomic E-state index is -0.217. The van der Waals surface area contributed by atoms with Crippen LogP contribution in [0.2, 0.25) is 0 Å². The van der Waals surface area contributed by atoms with Crippen molar-refractivity contribution in [1.82, 2.24) is 34.8 Å². The summed E-state index contributed by atoms with van der Waals surface area (Å²) >= 11 is 5.29. The van der Waals surface area contributed by atoms with Gasteiger partial charge in [-0.2, -0.15) is 10.2 Å². The summed E-state index contributed by atoms with van der Waals surface area (Å²) in [5.74, 6) is 0.526. The van der Waals surface area contributed by atoms with Crippen molar-refractivity contribution in [1.29, 1.82) is 0 Å². The molecule has 0 bridgehead atoms. The lowest BCUT2D eigenvalue weighted by Gasteiger charge is -2.05. The molecule has 1 amide bonds. The van der Waals surface area contributed by atoms with E-state index in [0.717, 1.165) is 41.2 Å². The number of rotatable bonds is 7. The lowest BCUT2D eigenvalue weighted by atomic mass is 10.1. The molecule has 2 N–H and O–H groups in total. The fourth-order valence-electron chi connectivity index (χ4n) is 3.51. The van der Waals surface area contributed by atoms with Gasteiger partial charge in [0.1, 0.15) is 5.69 Å². The zero-order valence-corrected chi connectivity index (χ0v) is 18.0. The standard InChI is InChI=1S/C23H21N7OS/c31-21(25-14-20-26-27-23(32)30(20)19-9-10-19)11-8-17-15-29(18-6-2-1-3-7-18)28-22(17)16-5-4-12-24-13-16/h1-8,11-13,15,19H,9-10,14H2,(H,25,31)(H,27,32)/b11-8+. The quantitative estimate of drug-likeness (QED) is 0.334. The van der Waals surface area contributed by atoms with E-state index in [0.29, 0.717) is 17.4 Å². The summed E-state index contributed by atoms with van der Waals surface area (Å²) in [6.07, 6.45) is 10.8. The fraction of sp³-hybridized carbons (Fsp3) is 0.174. The van der Waals surface area contributed by atoms with E-state index < -0.39 is 0 Å². The van der Waals surface area contributed by atoms with Crippen LogP contribution in [0.1, 0.15) is 30.3 Å². The van der Waals surface area contributed by atoms with E-state index >= 15 is 0 Å². The molecule has 1 aliphatic carbocycles. The van der Waals surface area contributed by atoms with Crippen LogP contribution in [-0.4, -0.2) is 35.4 Å². The highest BCUT2D eigenvalue weighted by atomic mass is 32.1. The van der Waals surface area contributed by atoms with E-state index in [2.05, 4.69) is 20.5 Å². The Labute approximate surface area is 189 Å². The van der Waals surface area contributed by atoms with E-state index in [-0.39, 0.29) is 5.91 Å². The number of nitrogens with zero attached hydrogens (tertiary/aromatic N) is 5. The topological polar surface area (TPSA) is 93.4 Å². The van der Waals surface area contributed by atoms with Crippen molar-refractivity contribution in [3.8, 4) is 16.9 Å². The maximum absolute atomic E-state index is 12.5. The summed E-state index contributed by atoms with van der Waals surface area (Å²) in [4.78, 5) is 16.7. The van der Waals surface area contributed by atoms with Gasteiger partial charge < -0.3 is 5.32 Å². The number of para-hydroxylation sites is 1. The molecule has 1 fully saturated rings. The molecule has 0 radical (unpaired) electrons. The van der Waals surface area contributed by atoms with Crippen LogP contribution in [0.15, 0.2) is 67.1 Å². The third-order valence-corrected chi connectivity index (χ3v) is 5.51. The van der Waals surface area contributed by atoms with Gasteiger partial charge in [0, 0.05) is 41.8 Å². The molecule has 3 aromatic heterocycles. The van der Waals surface area contributed by atoms with Crippen molar-refractivity contribution in [2.24, 2.45) is 0 Å². The van der Waals surface area contributed by atoms with Gasteiger partial charge in [-0.05, 0) is 55.4 Å². The maximum atomic E-state index is 12.5. The van der Waals surface area contributed by atoms with Gasteiger partial charge in [0.05, 0.1) is 12.2 Å². The van der Waals surface area contributed by atoms with Gasteiger partial charge in [-0.1, -0.05) is 18.2 Å². The first kappa shape index (κ1) is 20.1. The van der Waals surface area contributed by atoms with E-state index in [1.54, 1.807) is 23.2 Å². The Morgan fingerprint density at radius 2 is 2.06 bits per heavy atom. The number of carbonyl (C=O) groups excluding carboxylic acids is 1. The van der Waals surface area contributed by atoms with Crippen molar-refractivity contribution < 1.29 is 4.79 Å². The average Bonchev–Trinajstić information content (AvgIpc) is 3.46. The zero-order chi connectivity index (χ0) is 21.9. The average molecular weight is 444 g/mol. The molecule has 0 aliphatic heterocycles. The van der Waals surface area contributed by atoms with Crippen molar-refractivity contribution >= 4 is 24.2 Å². The first-order chi connectivity index (χ1) is 15.7. The summed E-state index contributed by atoms with van der Waals surface area (Å²) in [7, 11) is 0. The highest BCUT2D eigenvalue weighted by Gasteiger charge is 2.27. The number of H-pyrrole nitrogens is 1. The van der Waals surface area contributed by atoms with Crippen molar-refractivity contribution in [3.63, 3.8) is 0 Å². The minimum absolute atomic E-state index is 0.217. The maximum Gasteiger partial charge on any atom is 0.244 e. The van der Waals surface area contributed by atoms with Crippen LogP contribution >= 0.6 is 12.2 Å². The van der Waals surface area contributed by atoms with Crippen LogP contribution in [0.3, 0.4) is 0 Å². The summed E-state index contributed by atoms with van der Waals surface area (Å²) in [6, 6.07) is 14.0. The van der Waals surface area contributed by atoms with E-state index in [4.69, 9.17) is 17.3 Å². The Hall–Kier alpha value is -3.85. The Kier molecular flexibility index (Phi) is 5.47. The second-order valence-corrected chi connectivity index (χ2v) is 7.94. The highest BCUT2D eigenvalue weighted by molar-refractivity contribution is 7.71. The molecule has 1 saturated carbocycles. The molecule has 4 aromatic rings. The van der Waals surface area contributed by atoms with Gasteiger partial charge >= 0.3 is 0 Å². The third kappa shape index (κ3) is 4.28.